The number of hydrogen-bond donors (Lipinski definition) is 0. The Balaban J connectivity index is 2.06. The van der Waals surface area contributed by atoms with Crippen molar-refractivity contribution in [1.29, 1.82) is 0 Å². The summed E-state index contributed by atoms with van der Waals surface area (Å²) in [7, 11) is 0. The van der Waals surface area contributed by atoms with Crippen molar-refractivity contribution >= 4 is 34.9 Å². The van der Waals surface area contributed by atoms with E-state index in [1.807, 2.05) is 26.0 Å². The molecule has 0 unspecified atom stereocenters. The summed E-state index contributed by atoms with van der Waals surface area (Å²) >= 11 is 11.9. The van der Waals surface area contributed by atoms with E-state index in [0.717, 1.165) is 5.69 Å². The van der Waals surface area contributed by atoms with Gasteiger partial charge in [-0.15, -0.1) is 0 Å². The average molecular weight is 288 g/mol. The number of nitrogens with zero attached hydrogens (tertiary/aromatic N) is 1. The molecule has 0 saturated carbocycles. The number of anilines is 1. The van der Waals surface area contributed by atoms with Crippen molar-refractivity contribution in [2.75, 3.05) is 24.6 Å². The largest absolute Gasteiger partial charge is 0.465 e. The molecule has 0 spiro atoms. The number of carbonyl (C=O) groups is 1. The number of rotatable bonds is 3. The molecule has 0 atom stereocenters. The monoisotopic (exact) mass is 287 g/mol. The van der Waals surface area contributed by atoms with Crippen LogP contribution in [0.4, 0.5) is 5.69 Å². The summed E-state index contributed by atoms with van der Waals surface area (Å²) in [6, 6.07) is 5.38. The number of halogens is 2. The molecule has 0 bridgehead atoms. The van der Waals surface area contributed by atoms with Crippen LogP contribution in [0.2, 0.25) is 10.0 Å². The van der Waals surface area contributed by atoms with Crippen molar-refractivity contribution in [2.45, 2.75) is 13.8 Å². The summed E-state index contributed by atoms with van der Waals surface area (Å²) in [4.78, 5) is 13.8. The minimum atomic E-state index is -0.426. The van der Waals surface area contributed by atoms with Crippen molar-refractivity contribution in [1.82, 2.24) is 0 Å². The fourth-order valence-corrected chi connectivity index (χ4v) is 2.65. The van der Waals surface area contributed by atoms with Gasteiger partial charge in [0, 0.05) is 28.8 Å². The maximum absolute atomic E-state index is 11.8. The van der Waals surface area contributed by atoms with E-state index in [1.165, 1.54) is 0 Å². The lowest BCUT2D eigenvalue weighted by molar-refractivity contribution is -0.155. The van der Waals surface area contributed by atoms with Gasteiger partial charge in [-0.05, 0) is 32.0 Å². The van der Waals surface area contributed by atoms with Crippen LogP contribution in [0.1, 0.15) is 13.8 Å². The van der Waals surface area contributed by atoms with Crippen LogP contribution in [0, 0.1) is 5.41 Å². The molecule has 1 saturated heterocycles. The molecule has 3 nitrogen and oxygen atoms in total. The van der Waals surface area contributed by atoms with Crippen molar-refractivity contribution in [3.8, 4) is 0 Å². The molecule has 1 aliphatic rings. The Hall–Kier alpha value is -0.930. The van der Waals surface area contributed by atoms with Gasteiger partial charge in [-0.1, -0.05) is 23.2 Å². The molecule has 1 aliphatic heterocycles. The maximum atomic E-state index is 11.8. The van der Waals surface area contributed by atoms with Crippen LogP contribution in [0.15, 0.2) is 18.2 Å². The highest BCUT2D eigenvalue weighted by Crippen LogP contribution is 2.37. The molecular formula is C13H15Cl2NO2. The summed E-state index contributed by atoms with van der Waals surface area (Å²) in [6.07, 6.45) is 0. The SMILES string of the molecule is CCOC(=O)C1(C)CN(c2cc(Cl)cc(Cl)c2)C1. The van der Waals surface area contributed by atoms with E-state index in [-0.39, 0.29) is 5.97 Å². The highest BCUT2D eigenvalue weighted by molar-refractivity contribution is 6.35. The standard InChI is InChI=1S/C13H15Cl2NO2/c1-3-18-12(17)13(2)7-16(8-13)11-5-9(14)4-10(15)6-11/h4-6H,3,7-8H2,1-2H3. The van der Waals surface area contributed by atoms with Gasteiger partial charge < -0.3 is 9.64 Å². The first-order valence-electron chi connectivity index (χ1n) is 5.83. The molecule has 1 fully saturated rings. The molecule has 5 heteroatoms. The zero-order valence-corrected chi connectivity index (χ0v) is 11.9. The molecule has 0 aliphatic carbocycles. The first-order chi connectivity index (χ1) is 8.44. The second-order valence-corrected chi connectivity index (χ2v) is 5.64. The predicted octanol–water partition coefficient (Wildman–Crippen LogP) is 3.38. The number of esters is 1. The van der Waals surface area contributed by atoms with Gasteiger partial charge in [0.2, 0.25) is 0 Å². The second kappa shape index (κ2) is 4.98. The third-order valence-electron chi connectivity index (χ3n) is 3.06. The van der Waals surface area contributed by atoms with Crippen LogP contribution in [0.3, 0.4) is 0 Å². The van der Waals surface area contributed by atoms with E-state index in [0.29, 0.717) is 29.7 Å². The normalized spacial score (nSPS) is 17.2. The highest BCUT2D eigenvalue weighted by Gasteiger charge is 2.46. The van der Waals surface area contributed by atoms with Crippen LogP contribution in [-0.4, -0.2) is 25.7 Å². The first-order valence-corrected chi connectivity index (χ1v) is 6.58. The van der Waals surface area contributed by atoms with E-state index in [9.17, 15) is 4.79 Å². The lowest BCUT2D eigenvalue weighted by atomic mass is 9.81. The van der Waals surface area contributed by atoms with Gasteiger partial charge in [-0.3, -0.25) is 4.79 Å². The van der Waals surface area contributed by atoms with Crippen molar-refractivity contribution < 1.29 is 9.53 Å². The molecular weight excluding hydrogens is 273 g/mol. The van der Waals surface area contributed by atoms with Crippen LogP contribution in [-0.2, 0) is 9.53 Å². The Morgan fingerprint density at radius 3 is 2.39 bits per heavy atom. The number of benzene rings is 1. The number of hydrogen-bond acceptors (Lipinski definition) is 3. The Labute approximate surface area is 117 Å². The minimum Gasteiger partial charge on any atom is -0.465 e. The lowest BCUT2D eigenvalue weighted by Crippen LogP contribution is -2.59. The highest BCUT2D eigenvalue weighted by atomic mass is 35.5. The van der Waals surface area contributed by atoms with Crippen molar-refractivity contribution in [3.05, 3.63) is 28.2 Å². The summed E-state index contributed by atoms with van der Waals surface area (Å²) in [5.41, 5.74) is 0.513. The summed E-state index contributed by atoms with van der Waals surface area (Å²) in [6.45, 7) is 5.39. The lowest BCUT2D eigenvalue weighted by Gasteiger charge is -2.47. The third kappa shape index (κ3) is 2.57. The smallest absolute Gasteiger partial charge is 0.315 e. The van der Waals surface area contributed by atoms with E-state index < -0.39 is 5.41 Å². The minimum absolute atomic E-state index is 0.144. The Bertz CT molecular complexity index is 450. The fourth-order valence-electron chi connectivity index (χ4n) is 2.14. The molecule has 0 radical (unpaired) electrons. The summed E-state index contributed by atoms with van der Waals surface area (Å²) in [5, 5.41) is 1.20. The van der Waals surface area contributed by atoms with Crippen LogP contribution >= 0.6 is 23.2 Å². The third-order valence-corrected chi connectivity index (χ3v) is 3.50. The number of ether oxygens (including phenoxy) is 1. The number of carbonyl (C=O) groups excluding carboxylic acids is 1. The topological polar surface area (TPSA) is 29.5 Å². The quantitative estimate of drug-likeness (QED) is 0.798. The Kier molecular flexibility index (Phi) is 3.74. The van der Waals surface area contributed by atoms with Gasteiger partial charge in [-0.2, -0.15) is 0 Å². The maximum Gasteiger partial charge on any atom is 0.315 e. The Morgan fingerprint density at radius 2 is 1.89 bits per heavy atom. The van der Waals surface area contributed by atoms with Crippen LogP contribution in [0.5, 0.6) is 0 Å². The predicted molar refractivity (Wildman–Crippen MR) is 73.4 cm³/mol. The first kappa shape index (κ1) is 13.5. The van der Waals surface area contributed by atoms with Gasteiger partial charge in [0.1, 0.15) is 0 Å². The molecule has 2 rings (SSSR count). The molecule has 1 aromatic rings. The fraction of sp³-hybridized carbons (Fsp3) is 0.462. The van der Waals surface area contributed by atoms with Crippen molar-refractivity contribution in [3.63, 3.8) is 0 Å². The van der Waals surface area contributed by atoms with E-state index >= 15 is 0 Å². The molecule has 1 aromatic carbocycles. The molecule has 18 heavy (non-hydrogen) atoms. The van der Waals surface area contributed by atoms with Crippen LogP contribution in [0.25, 0.3) is 0 Å². The van der Waals surface area contributed by atoms with Gasteiger partial charge in [-0.25, -0.2) is 0 Å². The van der Waals surface area contributed by atoms with Crippen molar-refractivity contribution in [2.24, 2.45) is 5.41 Å². The molecule has 0 aromatic heterocycles. The van der Waals surface area contributed by atoms with E-state index in [2.05, 4.69) is 4.90 Å². The van der Waals surface area contributed by atoms with E-state index in [4.69, 9.17) is 27.9 Å². The molecule has 0 N–H and O–H groups in total. The second-order valence-electron chi connectivity index (χ2n) is 4.76. The van der Waals surface area contributed by atoms with Gasteiger partial charge in [0.25, 0.3) is 0 Å². The van der Waals surface area contributed by atoms with Gasteiger partial charge in [0.05, 0.1) is 12.0 Å². The summed E-state index contributed by atoms with van der Waals surface area (Å²) < 4.78 is 5.06. The average Bonchev–Trinajstić information content (AvgIpc) is 2.23. The van der Waals surface area contributed by atoms with Gasteiger partial charge in [0.15, 0.2) is 0 Å². The zero-order valence-electron chi connectivity index (χ0n) is 10.4. The summed E-state index contributed by atoms with van der Waals surface area (Å²) in [5.74, 6) is -0.144. The molecule has 98 valence electrons. The van der Waals surface area contributed by atoms with Crippen LogP contribution < -0.4 is 4.90 Å². The molecule has 1 heterocycles. The van der Waals surface area contributed by atoms with Gasteiger partial charge >= 0.3 is 5.97 Å². The Morgan fingerprint density at radius 1 is 1.33 bits per heavy atom. The molecule has 0 amide bonds. The van der Waals surface area contributed by atoms with E-state index in [1.54, 1.807) is 6.07 Å². The zero-order chi connectivity index (χ0) is 13.3.